The van der Waals surface area contributed by atoms with Crippen molar-refractivity contribution < 1.29 is 9.13 Å². The van der Waals surface area contributed by atoms with Crippen LogP contribution in [0.2, 0.25) is 0 Å². The lowest BCUT2D eigenvalue weighted by Crippen LogP contribution is -2.36. The van der Waals surface area contributed by atoms with Gasteiger partial charge in [-0.05, 0) is 25.5 Å². The van der Waals surface area contributed by atoms with Gasteiger partial charge in [-0.25, -0.2) is 4.98 Å². The molecule has 1 N–H and O–H groups in total. The van der Waals surface area contributed by atoms with Crippen LogP contribution in [0.4, 0.5) is 5.69 Å². The van der Waals surface area contributed by atoms with Crippen LogP contribution >= 0.6 is 12.4 Å². The van der Waals surface area contributed by atoms with E-state index in [1.54, 1.807) is 0 Å². The van der Waals surface area contributed by atoms with Gasteiger partial charge in [0, 0.05) is 18.8 Å². The summed E-state index contributed by atoms with van der Waals surface area (Å²) < 4.78 is 12.2. The van der Waals surface area contributed by atoms with Crippen LogP contribution in [-0.4, -0.2) is 32.5 Å². The molecule has 0 radical (unpaired) electrons. The van der Waals surface area contributed by atoms with Crippen molar-refractivity contribution in [3.05, 3.63) is 28.4 Å². The molecule has 1 aliphatic rings. The molecule has 0 spiro atoms. The summed E-state index contributed by atoms with van der Waals surface area (Å²) in [5.41, 5.74) is -0.156. The van der Waals surface area contributed by atoms with Gasteiger partial charge < -0.3 is 5.32 Å². The van der Waals surface area contributed by atoms with Crippen molar-refractivity contribution in [2.24, 2.45) is 0 Å². The topological polar surface area (TPSA) is 85.1 Å². The zero-order valence-electron chi connectivity index (χ0n) is 9.57. The van der Waals surface area contributed by atoms with Crippen LogP contribution in [0.3, 0.4) is 0 Å². The Morgan fingerprint density at radius 1 is 1.56 bits per heavy atom. The molecule has 2 atom stereocenters. The highest BCUT2D eigenvalue weighted by atomic mass is 35.5. The number of aromatic nitrogens is 1. The van der Waals surface area contributed by atoms with Crippen molar-refractivity contribution in [1.82, 2.24) is 10.3 Å². The van der Waals surface area contributed by atoms with E-state index in [2.05, 4.69) is 10.3 Å². The minimum Gasteiger partial charge on any atom is -0.316 e. The lowest BCUT2D eigenvalue weighted by Gasteiger charge is -2.21. The Labute approximate surface area is 113 Å². The van der Waals surface area contributed by atoms with E-state index in [1.165, 1.54) is 18.3 Å². The minimum absolute atomic E-state index is 0. The van der Waals surface area contributed by atoms with Crippen molar-refractivity contribution in [1.29, 1.82) is 0 Å². The summed E-state index contributed by atoms with van der Waals surface area (Å²) in [6.45, 7) is 1.54. The van der Waals surface area contributed by atoms with Crippen LogP contribution in [-0.2, 0) is 10.8 Å². The average molecular weight is 292 g/mol. The number of rotatable bonds is 3. The smallest absolute Gasteiger partial charge is 0.303 e. The highest BCUT2D eigenvalue weighted by Gasteiger charge is 2.27. The van der Waals surface area contributed by atoms with Gasteiger partial charge in [0.05, 0.1) is 21.0 Å². The normalized spacial score (nSPS) is 20.8. The zero-order valence-corrected chi connectivity index (χ0v) is 11.2. The Bertz CT molecular complexity index is 452. The average Bonchev–Trinajstić information content (AvgIpc) is 2.39. The number of nitrogens with one attached hydrogen (secondary N) is 1. The third kappa shape index (κ3) is 3.24. The van der Waals surface area contributed by atoms with Crippen molar-refractivity contribution in [3.8, 4) is 0 Å². The molecule has 8 heteroatoms. The Morgan fingerprint density at radius 3 is 2.94 bits per heavy atom. The summed E-state index contributed by atoms with van der Waals surface area (Å²) in [6, 6.07) is 2.83. The standard InChI is InChI=1S/C10H13N3O3S.ClH/c14-13(15)9-4-2-6-12-10(9)17(16)8-3-1-5-11-7-8;/h2,4,6,8,11H,1,3,5,7H2;1H. The van der Waals surface area contributed by atoms with E-state index in [9.17, 15) is 14.3 Å². The van der Waals surface area contributed by atoms with Crippen LogP contribution in [0.5, 0.6) is 0 Å². The van der Waals surface area contributed by atoms with Gasteiger partial charge in [0.25, 0.3) is 0 Å². The summed E-state index contributed by atoms with van der Waals surface area (Å²) in [7, 11) is -1.42. The van der Waals surface area contributed by atoms with Crippen molar-refractivity contribution in [2.75, 3.05) is 13.1 Å². The van der Waals surface area contributed by atoms with E-state index >= 15 is 0 Å². The second-order valence-corrected chi connectivity index (χ2v) is 5.50. The van der Waals surface area contributed by atoms with E-state index in [4.69, 9.17) is 0 Å². The maximum absolute atomic E-state index is 12.2. The van der Waals surface area contributed by atoms with Crippen LogP contribution < -0.4 is 5.32 Å². The summed E-state index contributed by atoms with van der Waals surface area (Å²) in [4.78, 5) is 14.2. The van der Waals surface area contributed by atoms with Gasteiger partial charge in [0.2, 0.25) is 5.03 Å². The molecule has 18 heavy (non-hydrogen) atoms. The number of hydrogen-bond donors (Lipinski definition) is 1. The van der Waals surface area contributed by atoms with Gasteiger partial charge in [0.1, 0.15) is 0 Å². The highest BCUT2D eigenvalue weighted by Crippen LogP contribution is 2.23. The highest BCUT2D eigenvalue weighted by molar-refractivity contribution is 7.85. The van der Waals surface area contributed by atoms with Crippen molar-refractivity contribution in [3.63, 3.8) is 0 Å². The third-order valence-electron chi connectivity index (χ3n) is 2.69. The van der Waals surface area contributed by atoms with Crippen molar-refractivity contribution >= 4 is 28.9 Å². The predicted molar refractivity (Wildman–Crippen MR) is 70.4 cm³/mol. The monoisotopic (exact) mass is 291 g/mol. The summed E-state index contributed by atoms with van der Waals surface area (Å²) >= 11 is 0. The third-order valence-corrected chi connectivity index (χ3v) is 4.40. The molecule has 1 fully saturated rings. The summed E-state index contributed by atoms with van der Waals surface area (Å²) in [6.07, 6.45) is 3.20. The molecular weight excluding hydrogens is 278 g/mol. The minimum atomic E-state index is -1.42. The molecule has 1 aromatic rings. The van der Waals surface area contributed by atoms with E-state index in [0.717, 1.165) is 19.4 Å². The van der Waals surface area contributed by atoms with Crippen LogP contribution in [0.25, 0.3) is 0 Å². The second kappa shape index (κ2) is 6.77. The number of hydrogen-bond acceptors (Lipinski definition) is 5. The SMILES string of the molecule is Cl.O=[N+]([O-])c1cccnc1S(=O)C1CCCNC1. The molecule has 0 bridgehead atoms. The zero-order chi connectivity index (χ0) is 12.3. The van der Waals surface area contributed by atoms with Crippen LogP contribution in [0.1, 0.15) is 12.8 Å². The lowest BCUT2D eigenvalue weighted by atomic mass is 10.2. The second-order valence-electron chi connectivity index (χ2n) is 3.85. The van der Waals surface area contributed by atoms with Crippen molar-refractivity contribution in [2.45, 2.75) is 23.1 Å². The fourth-order valence-electron chi connectivity index (χ4n) is 1.84. The molecule has 2 unspecified atom stereocenters. The molecule has 2 rings (SSSR count). The fraction of sp³-hybridized carbons (Fsp3) is 0.500. The first-order valence-electron chi connectivity index (χ1n) is 5.41. The van der Waals surface area contributed by atoms with Gasteiger partial charge >= 0.3 is 5.69 Å². The first-order valence-corrected chi connectivity index (χ1v) is 6.62. The number of nitro groups is 1. The number of halogens is 1. The Kier molecular flexibility index (Phi) is 5.64. The fourth-order valence-corrected chi connectivity index (χ4v) is 3.32. The summed E-state index contributed by atoms with van der Waals surface area (Å²) in [5, 5.41) is 14.0. The van der Waals surface area contributed by atoms with E-state index in [0.29, 0.717) is 6.54 Å². The maximum atomic E-state index is 12.2. The molecule has 0 saturated carbocycles. The number of piperidine rings is 1. The van der Waals surface area contributed by atoms with Crippen LogP contribution in [0.15, 0.2) is 23.4 Å². The van der Waals surface area contributed by atoms with Gasteiger partial charge in [-0.15, -0.1) is 12.4 Å². The molecule has 1 aromatic heterocycles. The molecule has 1 aliphatic heterocycles. The number of nitrogens with zero attached hydrogens (tertiary/aromatic N) is 2. The first-order chi connectivity index (χ1) is 8.20. The van der Waals surface area contributed by atoms with E-state index in [-0.39, 0.29) is 28.4 Å². The molecule has 0 aliphatic carbocycles. The largest absolute Gasteiger partial charge is 0.316 e. The Morgan fingerprint density at radius 2 is 2.33 bits per heavy atom. The van der Waals surface area contributed by atoms with E-state index < -0.39 is 15.7 Å². The van der Waals surface area contributed by atoms with E-state index in [1.807, 2.05) is 0 Å². The molecule has 1 saturated heterocycles. The Hall–Kier alpha value is -1.05. The lowest BCUT2D eigenvalue weighted by molar-refractivity contribution is -0.388. The van der Waals surface area contributed by atoms with Gasteiger partial charge in [-0.2, -0.15) is 0 Å². The Balaban J connectivity index is 0.00000162. The maximum Gasteiger partial charge on any atom is 0.303 e. The molecule has 0 amide bonds. The molecule has 6 nitrogen and oxygen atoms in total. The number of pyridine rings is 1. The van der Waals surface area contributed by atoms with Gasteiger partial charge in [-0.3, -0.25) is 14.3 Å². The predicted octanol–water partition coefficient (Wildman–Crippen LogP) is 1.27. The molecule has 2 heterocycles. The van der Waals surface area contributed by atoms with Gasteiger partial charge in [-0.1, -0.05) is 0 Å². The molecule has 100 valence electrons. The summed E-state index contributed by atoms with van der Waals surface area (Å²) in [5.74, 6) is 0. The van der Waals surface area contributed by atoms with Crippen LogP contribution in [0, 0.1) is 10.1 Å². The molecule has 0 aromatic carbocycles. The van der Waals surface area contributed by atoms with Gasteiger partial charge in [0.15, 0.2) is 0 Å². The quantitative estimate of drug-likeness (QED) is 0.669. The first kappa shape index (κ1) is 15.0. The molecular formula is C10H14ClN3O3S.